The van der Waals surface area contributed by atoms with Crippen LogP contribution in [0.5, 0.6) is 0 Å². The second-order valence-corrected chi connectivity index (χ2v) is 5.79. The van der Waals surface area contributed by atoms with E-state index < -0.39 is 6.04 Å². The Morgan fingerprint density at radius 1 is 1.50 bits per heavy atom. The first-order chi connectivity index (χ1) is 9.61. The van der Waals surface area contributed by atoms with Crippen molar-refractivity contribution in [1.29, 1.82) is 0 Å². The quantitative estimate of drug-likeness (QED) is 0.814. The second kappa shape index (κ2) is 6.85. The monoisotopic (exact) mass is 313 g/mol. The van der Waals surface area contributed by atoms with Gasteiger partial charge in [-0.15, -0.1) is 0 Å². The minimum atomic E-state index is -0.514. The molecule has 0 radical (unpaired) electrons. The number of halogens is 1. The molecule has 0 bridgehead atoms. The molecule has 1 aliphatic rings. The van der Waals surface area contributed by atoms with E-state index in [1.807, 2.05) is 6.26 Å². The van der Waals surface area contributed by atoms with Gasteiger partial charge in [0.1, 0.15) is 6.04 Å². The van der Waals surface area contributed by atoms with E-state index >= 15 is 0 Å². The van der Waals surface area contributed by atoms with Gasteiger partial charge in [0.15, 0.2) is 0 Å². The van der Waals surface area contributed by atoms with Crippen LogP contribution in [0.3, 0.4) is 0 Å². The predicted molar refractivity (Wildman–Crippen MR) is 82.5 cm³/mol. The number of benzene rings is 1. The minimum Gasteiger partial charge on any atom is -0.353 e. The van der Waals surface area contributed by atoms with Crippen molar-refractivity contribution in [3.05, 3.63) is 29.3 Å². The number of carbonyl (C=O) groups is 2. The summed E-state index contributed by atoms with van der Waals surface area (Å²) in [4.78, 5) is 25.4. The van der Waals surface area contributed by atoms with Gasteiger partial charge < -0.3 is 10.6 Å². The van der Waals surface area contributed by atoms with E-state index in [0.29, 0.717) is 18.1 Å². The fourth-order valence-electron chi connectivity index (χ4n) is 1.93. The fraction of sp³-hybridized carbons (Fsp3) is 0.385. The van der Waals surface area contributed by atoms with Crippen molar-refractivity contribution in [3.8, 4) is 0 Å². The number of nitrogens with one attached hydrogen (secondary N) is 2. The number of anilines is 1. The summed E-state index contributed by atoms with van der Waals surface area (Å²) in [6.07, 6.45) is 1.98. The SMILES string of the molecule is CSCCNC(=O)C1CN(c2ccc(Cl)cc2)C(=O)N1. The van der Waals surface area contributed by atoms with Crippen LogP contribution in [0, 0.1) is 0 Å². The third-order valence-electron chi connectivity index (χ3n) is 2.97. The number of hydrogen-bond acceptors (Lipinski definition) is 3. The van der Waals surface area contributed by atoms with Crippen molar-refractivity contribution >= 4 is 41.0 Å². The van der Waals surface area contributed by atoms with Gasteiger partial charge in [0, 0.05) is 23.0 Å². The Kier molecular flexibility index (Phi) is 5.14. The number of thioether (sulfide) groups is 1. The summed E-state index contributed by atoms with van der Waals surface area (Å²) in [5.74, 6) is 0.705. The van der Waals surface area contributed by atoms with Gasteiger partial charge >= 0.3 is 6.03 Å². The van der Waals surface area contributed by atoms with E-state index in [9.17, 15) is 9.59 Å². The Hall–Kier alpha value is -1.40. The first-order valence-corrected chi connectivity index (χ1v) is 7.99. The maximum absolute atomic E-state index is 11.9. The molecular formula is C13H16ClN3O2S. The first-order valence-electron chi connectivity index (χ1n) is 6.22. The zero-order chi connectivity index (χ0) is 14.5. The van der Waals surface area contributed by atoms with Crippen LogP contribution >= 0.6 is 23.4 Å². The van der Waals surface area contributed by atoms with Crippen molar-refractivity contribution in [3.63, 3.8) is 0 Å². The lowest BCUT2D eigenvalue weighted by atomic mass is 10.2. The Bertz CT molecular complexity index is 495. The minimum absolute atomic E-state index is 0.149. The highest BCUT2D eigenvalue weighted by Gasteiger charge is 2.34. The molecule has 1 aromatic carbocycles. The van der Waals surface area contributed by atoms with Crippen molar-refractivity contribution in [2.24, 2.45) is 0 Å². The van der Waals surface area contributed by atoms with Gasteiger partial charge in [0.25, 0.3) is 0 Å². The van der Waals surface area contributed by atoms with Gasteiger partial charge in [-0.2, -0.15) is 11.8 Å². The molecule has 3 amide bonds. The van der Waals surface area contributed by atoms with Crippen molar-refractivity contribution in [1.82, 2.24) is 10.6 Å². The van der Waals surface area contributed by atoms with E-state index in [2.05, 4.69) is 10.6 Å². The molecule has 7 heteroatoms. The molecule has 5 nitrogen and oxygen atoms in total. The molecule has 0 saturated carbocycles. The molecule has 1 atom stereocenters. The van der Waals surface area contributed by atoms with Crippen LogP contribution in [-0.4, -0.2) is 43.1 Å². The highest BCUT2D eigenvalue weighted by molar-refractivity contribution is 7.98. The zero-order valence-corrected chi connectivity index (χ0v) is 12.6. The molecule has 0 aliphatic carbocycles. The van der Waals surface area contributed by atoms with Crippen LogP contribution in [0.2, 0.25) is 5.02 Å². The number of rotatable bonds is 5. The fourth-order valence-corrected chi connectivity index (χ4v) is 2.36. The Balaban J connectivity index is 1.96. The van der Waals surface area contributed by atoms with E-state index in [0.717, 1.165) is 11.4 Å². The molecule has 108 valence electrons. The molecule has 1 unspecified atom stereocenters. The number of urea groups is 1. The van der Waals surface area contributed by atoms with Crippen LogP contribution in [0.15, 0.2) is 24.3 Å². The standard InChI is InChI=1S/C13H16ClN3O2S/c1-20-7-6-15-12(18)11-8-17(13(19)16-11)10-4-2-9(14)3-5-10/h2-5,11H,6-8H2,1H3,(H,15,18)(H,16,19). The first kappa shape index (κ1) is 15.0. The highest BCUT2D eigenvalue weighted by atomic mass is 35.5. The second-order valence-electron chi connectivity index (χ2n) is 4.37. The average Bonchev–Trinajstić information content (AvgIpc) is 2.82. The van der Waals surface area contributed by atoms with Crippen LogP contribution in [0.1, 0.15) is 0 Å². The smallest absolute Gasteiger partial charge is 0.322 e. The van der Waals surface area contributed by atoms with Crippen molar-refractivity contribution in [2.75, 3.05) is 30.0 Å². The Labute approximate surface area is 127 Å². The van der Waals surface area contributed by atoms with E-state index in [1.165, 1.54) is 4.90 Å². The summed E-state index contributed by atoms with van der Waals surface area (Å²) in [7, 11) is 0. The summed E-state index contributed by atoms with van der Waals surface area (Å²) < 4.78 is 0. The van der Waals surface area contributed by atoms with Crippen LogP contribution in [-0.2, 0) is 4.79 Å². The van der Waals surface area contributed by atoms with Crippen LogP contribution in [0.4, 0.5) is 10.5 Å². The molecule has 0 aromatic heterocycles. The zero-order valence-electron chi connectivity index (χ0n) is 11.1. The third kappa shape index (κ3) is 3.58. The summed E-state index contributed by atoms with van der Waals surface area (Å²) in [6.45, 7) is 0.929. The highest BCUT2D eigenvalue weighted by Crippen LogP contribution is 2.20. The van der Waals surface area contributed by atoms with Gasteiger partial charge in [-0.25, -0.2) is 4.79 Å². The summed E-state index contributed by atoms with van der Waals surface area (Å²) in [5.41, 5.74) is 0.728. The molecule has 2 N–H and O–H groups in total. The molecule has 1 aromatic rings. The molecule has 1 saturated heterocycles. The molecule has 1 aliphatic heterocycles. The van der Waals surface area contributed by atoms with Gasteiger partial charge in [-0.3, -0.25) is 9.69 Å². The van der Waals surface area contributed by atoms with E-state index in [-0.39, 0.29) is 11.9 Å². The lowest BCUT2D eigenvalue weighted by Crippen LogP contribution is -2.43. The number of carbonyl (C=O) groups excluding carboxylic acids is 2. The van der Waals surface area contributed by atoms with Gasteiger partial charge in [0.2, 0.25) is 5.91 Å². The number of nitrogens with zero attached hydrogens (tertiary/aromatic N) is 1. The molecule has 0 spiro atoms. The van der Waals surface area contributed by atoms with E-state index in [1.54, 1.807) is 36.0 Å². The van der Waals surface area contributed by atoms with Crippen molar-refractivity contribution in [2.45, 2.75) is 6.04 Å². The molecule has 20 heavy (non-hydrogen) atoms. The summed E-state index contributed by atoms with van der Waals surface area (Å²) in [6, 6.07) is 6.18. The number of amides is 3. The normalized spacial score (nSPS) is 18.0. The maximum atomic E-state index is 11.9. The average molecular weight is 314 g/mol. The molecule has 1 fully saturated rings. The van der Waals surface area contributed by atoms with Crippen molar-refractivity contribution < 1.29 is 9.59 Å². The van der Waals surface area contributed by atoms with Crippen LogP contribution in [0.25, 0.3) is 0 Å². The lowest BCUT2D eigenvalue weighted by molar-refractivity contribution is -0.122. The summed E-state index contributed by atoms with van der Waals surface area (Å²) in [5, 5.41) is 6.09. The topological polar surface area (TPSA) is 61.4 Å². The molecule has 1 heterocycles. The predicted octanol–water partition coefficient (Wildman–Crippen LogP) is 1.72. The molecular weight excluding hydrogens is 298 g/mol. The van der Waals surface area contributed by atoms with Gasteiger partial charge in [0.05, 0.1) is 6.54 Å². The largest absolute Gasteiger partial charge is 0.353 e. The Morgan fingerprint density at radius 3 is 2.85 bits per heavy atom. The van der Waals surface area contributed by atoms with E-state index in [4.69, 9.17) is 11.6 Å². The Morgan fingerprint density at radius 2 is 2.20 bits per heavy atom. The van der Waals surface area contributed by atoms with Gasteiger partial charge in [-0.1, -0.05) is 11.6 Å². The third-order valence-corrected chi connectivity index (χ3v) is 3.83. The van der Waals surface area contributed by atoms with Gasteiger partial charge in [-0.05, 0) is 30.5 Å². The van der Waals surface area contributed by atoms with Crippen LogP contribution < -0.4 is 15.5 Å². The maximum Gasteiger partial charge on any atom is 0.322 e. The lowest BCUT2D eigenvalue weighted by Gasteiger charge is -2.14. The number of hydrogen-bond donors (Lipinski definition) is 2. The molecule has 2 rings (SSSR count). The summed E-state index contributed by atoms with van der Waals surface area (Å²) >= 11 is 7.48.